The van der Waals surface area contributed by atoms with Gasteiger partial charge in [0.1, 0.15) is 5.69 Å². The summed E-state index contributed by atoms with van der Waals surface area (Å²) >= 11 is 0. The first kappa shape index (κ1) is 13.3. The Kier molecular flexibility index (Phi) is 3.16. The lowest BCUT2D eigenvalue weighted by atomic mass is 10.2. The average molecular weight is 300 g/mol. The Bertz CT molecular complexity index is 1030. The van der Waals surface area contributed by atoms with Crippen LogP contribution in [0.15, 0.2) is 67.0 Å². The molecule has 23 heavy (non-hydrogen) atoms. The molecule has 0 aliphatic heterocycles. The van der Waals surface area contributed by atoms with Crippen LogP contribution in [0.4, 0.5) is 5.69 Å². The van der Waals surface area contributed by atoms with Gasteiger partial charge in [-0.3, -0.25) is 14.8 Å². The van der Waals surface area contributed by atoms with Gasteiger partial charge in [-0.2, -0.15) is 0 Å². The second kappa shape index (κ2) is 5.46. The number of nitrogens with zero attached hydrogens (tertiary/aromatic N) is 3. The summed E-state index contributed by atoms with van der Waals surface area (Å²) in [5.41, 5.74) is 3.24. The van der Waals surface area contributed by atoms with E-state index in [0.717, 1.165) is 16.4 Å². The fraction of sp³-hybridized carbons (Fsp3) is 0. The summed E-state index contributed by atoms with van der Waals surface area (Å²) in [5.74, 6) is -0.305. The van der Waals surface area contributed by atoms with Crippen molar-refractivity contribution < 1.29 is 4.79 Å². The summed E-state index contributed by atoms with van der Waals surface area (Å²) in [6, 6.07) is 17.1. The van der Waals surface area contributed by atoms with Gasteiger partial charge in [0.15, 0.2) is 0 Å². The van der Waals surface area contributed by atoms with Crippen molar-refractivity contribution in [2.24, 2.45) is 0 Å². The lowest BCUT2D eigenvalue weighted by Gasteiger charge is -2.06. The van der Waals surface area contributed by atoms with E-state index >= 15 is 0 Å². The molecular weight excluding hydrogens is 288 g/mol. The van der Waals surface area contributed by atoms with Crippen LogP contribution < -0.4 is 5.32 Å². The van der Waals surface area contributed by atoms with E-state index in [2.05, 4.69) is 20.3 Å². The number of carbonyl (C=O) groups is 1. The molecule has 0 saturated carbocycles. The van der Waals surface area contributed by atoms with E-state index in [1.54, 1.807) is 6.20 Å². The monoisotopic (exact) mass is 300 g/mol. The van der Waals surface area contributed by atoms with Crippen molar-refractivity contribution in [1.82, 2.24) is 15.0 Å². The van der Waals surface area contributed by atoms with Crippen molar-refractivity contribution in [1.29, 1.82) is 0 Å². The van der Waals surface area contributed by atoms with Crippen LogP contribution in [0, 0.1) is 0 Å². The standard InChI is InChI=1S/C18H12N4O/c23-18(17-11-20-15-7-3-4-8-16(15)22-17)21-13-9-12-5-1-2-6-14(12)19-10-13/h1-11H,(H,21,23). The first-order chi connectivity index (χ1) is 11.3. The number of nitrogens with one attached hydrogen (secondary N) is 1. The minimum Gasteiger partial charge on any atom is -0.319 e. The predicted molar refractivity (Wildman–Crippen MR) is 89.2 cm³/mol. The van der Waals surface area contributed by atoms with E-state index in [1.165, 1.54) is 6.20 Å². The molecule has 0 aliphatic carbocycles. The number of anilines is 1. The third-order valence-corrected chi connectivity index (χ3v) is 3.53. The first-order valence-corrected chi connectivity index (χ1v) is 7.17. The average Bonchev–Trinajstić information content (AvgIpc) is 2.61. The van der Waals surface area contributed by atoms with Crippen LogP contribution in [0.2, 0.25) is 0 Å². The zero-order valence-corrected chi connectivity index (χ0v) is 12.1. The second-order valence-corrected chi connectivity index (χ2v) is 5.11. The van der Waals surface area contributed by atoms with Gasteiger partial charge in [0.25, 0.3) is 5.91 Å². The zero-order valence-electron chi connectivity index (χ0n) is 12.1. The van der Waals surface area contributed by atoms with Gasteiger partial charge in [-0.1, -0.05) is 30.3 Å². The van der Waals surface area contributed by atoms with Crippen molar-refractivity contribution in [3.05, 3.63) is 72.7 Å². The maximum absolute atomic E-state index is 12.4. The van der Waals surface area contributed by atoms with Gasteiger partial charge >= 0.3 is 0 Å². The molecule has 2 aromatic carbocycles. The lowest BCUT2D eigenvalue weighted by molar-refractivity contribution is 0.102. The maximum Gasteiger partial charge on any atom is 0.275 e. The van der Waals surface area contributed by atoms with Crippen LogP contribution in [0.25, 0.3) is 21.9 Å². The van der Waals surface area contributed by atoms with E-state index < -0.39 is 0 Å². The molecule has 0 fully saturated rings. The van der Waals surface area contributed by atoms with E-state index in [-0.39, 0.29) is 11.6 Å². The molecule has 1 amide bonds. The van der Waals surface area contributed by atoms with Crippen LogP contribution in [-0.4, -0.2) is 20.9 Å². The minimum atomic E-state index is -0.305. The highest BCUT2D eigenvalue weighted by atomic mass is 16.1. The van der Waals surface area contributed by atoms with Gasteiger partial charge in [-0.05, 0) is 24.3 Å². The molecule has 4 aromatic rings. The Morgan fingerprint density at radius 1 is 0.826 bits per heavy atom. The van der Waals surface area contributed by atoms with Gasteiger partial charge < -0.3 is 5.32 Å². The molecule has 0 saturated heterocycles. The molecule has 5 nitrogen and oxygen atoms in total. The molecule has 0 unspecified atom stereocenters. The Morgan fingerprint density at radius 3 is 2.39 bits per heavy atom. The van der Waals surface area contributed by atoms with Crippen molar-refractivity contribution in [3.63, 3.8) is 0 Å². The molecule has 4 rings (SSSR count). The summed E-state index contributed by atoms with van der Waals surface area (Å²) in [6.07, 6.45) is 3.11. The normalized spacial score (nSPS) is 10.8. The largest absolute Gasteiger partial charge is 0.319 e. The highest BCUT2D eigenvalue weighted by molar-refractivity contribution is 6.04. The van der Waals surface area contributed by atoms with Crippen molar-refractivity contribution in [2.75, 3.05) is 5.32 Å². The van der Waals surface area contributed by atoms with Crippen LogP contribution in [0.3, 0.4) is 0 Å². The first-order valence-electron chi connectivity index (χ1n) is 7.17. The van der Waals surface area contributed by atoms with Gasteiger partial charge in [0.2, 0.25) is 0 Å². The number of para-hydroxylation sites is 3. The van der Waals surface area contributed by atoms with Crippen LogP contribution in [0.1, 0.15) is 10.5 Å². The number of rotatable bonds is 2. The van der Waals surface area contributed by atoms with Gasteiger partial charge in [0, 0.05) is 5.39 Å². The molecule has 2 heterocycles. The van der Waals surface area contributed by atoms with Crippen molar-refractivity contribution in [2.45, 2.75) is 0 Å². The molecule has 110 valence electrons. The molecular formula is C18H12N4O. The SMILES string of the molecule is O=C(Nc1cnc2ccccc2c1)c1cnc2ccccc2n1. The molecule has 0 bridgehead atoms. The maximum atomic E-state index is 12.4. The van der Waals surface area contributed by atoms with Crippen LogP contribution >= 0.6 is 0 Å². The molecule has 0 aliphatic rings. The van der Waals surface area contributed by atoms with Gasteiger partial charge in [-0.25, -0.2) is 4.98 Å². The third-order valence-electron chi connectivity index (χ3n) is 3.53. The summed E-state index contributed by atoms with van der Waals surface area (Å²) in [6.45, 7) is 0. The summed E-state index contributed by atoms with van der Waals surface area (Å²) < 4.78 is 0. The number of fused-ring (bicyclic) bond motifs is 2. The lowest BCUT2D eigenvalue weighted by Crippen LogP contribution is -2.14. The minimum absolute atomic E-state index is 0.275. The van der Waals surface area contributed by atoms with Crippen LogP contribution in [-0.2, 0) is 0 Å². The number of pyridine rings is 1. The number of hydrogen-bond acceptors (Lipinski definition) is 4. The fourth-order valence-electron chi connectivity index (χ4n) is 2.40. The smallest absolute Gasteiger partial charge is 0.275 e. The molecule has 0 spiro atoms. The van der Waals surface area contributed by atoms with E-state index in [0.29, 0.717) is 11.2 Å². The van der Waals surface area contributed by atoms with Crippen LogP contribution in [0.5, 0.6) is 0 Å². The number of hydrogen-bond donors (Lipinski definition) is 1. The topological polar surface area (TPSA) is 67.8 Å². The molecule has 0 radical (unpaired) electrons. The van der Waals surface area contributed by atoms with E-state index in [9.17, 15) is 4.79 Å². The highest BCUT2D eigenvalue weighted by Crippen LogP contribution is 2.17. The predicted octanol–water partition coefficient (Wildman–Crippen LogP) is 3.43. The Balaban J connectivity index is 1.64. The second-order valence-electron chi connectivity index (χ2n) is 5.11. The number of amides is 1. The Hall–Kier alpha value is -3.34. The fourth-order valence-corrected chi connectivity index (χ4v) is 2.40. The third kappa shape index (κ3) is 2.60. The molecule has 5 heteroatoms. The molecule has 0 atom stereocenters. The van der Waals surface area contributed by atoms with Gasteiger partial charge in [0.05, 0.1) is 34.6 Å². The summed E-state index contributed by atoms with van der Waals surface area (Å²) in [7, 11) is 0. The Morgan fingerprint density at radius 2 is 1.52 bits per heavy atom. The van der Waals surface area contributed by atoms with E-state index in [1.807, 2.05) is 54.6 Å². The zero-order chi connectivity index (χ0) is 15.6. The quantitative estimate of drug-likeness (QED) is 0.616. The number of aromatic nitrogens is 3. The summed E-state index contributed by atoms with van der Waals surface area (Å²) in [5, 5.41) is 3.78. The van der Waals surface area contributed by atoms with Crippen molar-refractivity contribution >= 4 is 33.5 Å². The number of benzene rings is 2. The highest BCUT2D eigenvalue weighted by Gasteiger charge is 2.10. The molecule has 1 N–H and O–H groups in total. The number of carbonyl (C=O) groups excluding carboxylic acids is 1. The van der Waals surface area contributed by atoms with Crippen molar-refractivity contribution in [3.8, 4) is 0 Å². The van der Waals surface area contributed by atoms with E-state index in [4.69, 9.17) is 0 Å². The van der Waals surface area contributed by atoms with Gasteiger partial charge in [-0.15, -0.1) is 0 Å². The molecule has 2 aromatic heterocycles. The Labute approximate surface area is 132 Å². The summed E-state index contributed by atoms with van der Waals surface area (Å²) in [4.78, 5) is 25.3.